The number of furan rings is 1. The van der Waals surface area contributed by atoms with E-state index >= 15 is 0 Å². The van der Waals surface area contributed by atoms with E-state index in [-0.39, 0.29) is 36.1 Å². The molecule has 0 saturated carbocycles. The van der Waals surface area contributed by atoms with Crippen LogP contribution in [-0.4, -0.2) is 45.9 Å². The lowest BCUT2D eigenvalue weighted by molar-refractivity contribution is -0.384. The van der Waals surface area contributed by atoms with Crippen molar-refractivity contribution in [1.82, 2.24) is 4.90 Å². The number of nitro groups is 1. The Labute approximate surface area is 166 Å². The minimum Gasteiger partial charge on any atom is -0.507 e. The first-order valence-electron chi connectivity index (χ1n) is 8.99. The van der Waals surface area contributed by atoms with Crippen LogP contribution in [0.25, 0.3) is 5.76 Å². The number of amides is 1. The van der Waals surface area contributed by atoms with Crippen LogP contribution in [0.2, 0.25) is 0 Å². The number of carbonyl (C=O) groups excluding carboxylic acids is 2. The molecule has 0 spiro atoms. The van der Waals surface area contributed by atoms with Gasteiger partial charge in [-0.25, -0.2) is 0 Å². The molecule has 1 amide bonds. The summed E-state index contributed by atoms with van der Waals surface area (Å²) in [7, 11) is 0. The molecule has 1 atom stereocenters. The summed E-state index contributed by atoms with van der Waals surface area (Å²) < 4.78 is 10.9. The number of ketones is 1. The normalized spacial score (nSPS) is 18.6. The fourth-order valence-corrected chi connectivity index (χ4v) is 3.14. The van der Waals surface area contributed by atoms with Crippen LogP contribution in [0.15, 0.2) is 52.7 Å². The van der Waals surface area contributed by atoms with Crippen LogP contribution in [0.3, 0.4) is 0 Å². The van der Waals surface area contributed by atoms with E-state index in [9.17, 15) is 24.8 Å². The molecular formula is C20H20N2O7. The number of hydrogen-bond acceptors (Lipinski definition) is 7. The average molecular weight is 400 g/mol. The fourth-order valence-electron chi connectivity index (χ4n) is 3.14. The molecule has 1 saturated heterocycles. The Bertz CT molecular complexity index is 946. The van der Waals surface area contributed by atoms with Gasteiger partial charge in [-0.1, -0.05) is 0 Å². The quantitative estimate of drug-likeness (QED) is 0.249. The van der Waals surface area contributed by atoms with E-state index < -0.39 is 28.4 Å². The Kier molecular flexibility index (Phi) is 5.79. The first-order chi connectivity index (χ1) is 13.8. The number of non-ortho nitro benzene ring substituents is 1. The highest BCUT2D eigenvalue weighted by Gasteiger charge is 2.47. The van der Waals surface area contributed by atoms with Crippen LogP contribution in [0.5, 0.6) is 0 Å². The number of nitro benzene ring substituents is 1. The van der Waals surface area contributed by atoms with Gasteiger partial charge in [-0.3, -0.25) is 19.7 Å². The number of hydrogen-bond donors (Lipinski definition) is 1. The Morgan fingerprint density at radius 3 is 2.52 bits per heavy atom. The highest BCUT2D eigenvalue weighted by Crippen LogP contribution is 2.39. The van der Waals surface area contributed by atoms with E-state index in [0.717, 1.165) is 0 Å². The van der Waals surface area contributed by atoms with Gasteiger partial charge in [-0.2, -0.15) is 0 Å². The zero-order valence-electron chi connectivity index (χ0n) is 15.9. The number of benzene rings is 1. The van der Waals surface area contributed by atoms with E-state index in [4.69, 9.17) is 9.15 Å². The molecule has 9 nitrogen and oxygen atoms in total. The van der Waals surface area contributed by atoms with Crippen molar-refractivity contribution < 1.29 is 28.8 Å². The maximum Gasteiger partial charge on any atom is 0.295 e. The van der Waals surface area contributed by atoms with E-state index in [1.807, 2.05) is 13.8 Å². The molecule has 9 heteroatoms. The van der Waals surface area contributed by atoms with Crippen molar-refractivity contribution in [2.45, 2.75) is 26.0 Å². The van der Waals surface area contributed by atoms with Crippen LogP contribution >= 0.6 is 0 Å². The van der Waals surface area contributed by atoms with Gasteiger partial charge in [-0.15, -0.1) is 0 Å². The summed E-state index contributed by atoms with van der Waals surface area (Å²) in [5.41, 5.74) is -0.109. The number of Topliss-reactive ketones (excluding diaryl/α,β-unsaturated/α-hetero) is 1. The first-order valence-corrected chi connectivity index (χ1v) is 8.99. The molecule has 1 unspecified atom stereocenters. The first kappa shape index (κ1) is 20.3. The van der Waals surface area contributed by atoms with Crippen molar-refractivity contribution >= 4 is 23.1 Å². The minimum atomic E-state index is -0.920. The maximum absolute atomic E-state index is 12.7. The summed E-state index contributed by atoms with van der Waals surface area (Å²) in [6, 6.07) is 7.37. The molecule has 3 rings (SSSR count). The number of likely N-dealkylation sites (tertiary alicyclic amines) is 1. The number of aliphatic hydroxyl groups is 1. The van der Waals surface area contributed by atoms with Gasteiger partial charge >= 0.3 is 0 Å². The molecule has 0 radical (unpaired) electrons. The highest BCUT2D eigenvalue weighted by molar-refractivity contribution is 6.46. The molecule has 0 bridgehead atoms. The van der Waals surface area contributed by atoms with Crippen molar-refractivity contribution in [3.63, 3.8) is 0 Å². The van der Waals surface area contributed by atoms with Crippen molar-refractivity contribution in [3.05, 3.63) is 69.7 Å². The lowest BCUT2D eigenvalue weighted by Gasteiger charge is -2.23. The van der Waals surface area contributed by atoms with Gasteiger partial charge in [0.1, 0.15) is 17.6 Å². The Morgan fingerprint density at radius 1 is 1.28 bits per heavy atom. The van der Waals surface area contributed by atoms with Crippen LogP contribution in [0.4, 0.5) is 5.69 Å². The topological polar surface area (TPSA) is 123 Å². The van der Waals surface area contributed by atoms with Crippen molar-refractivity contribution in [2.24, 2.45) is 0 Å². The molecule has 2 aromatic rings. The number of rotatable bonds is 7. The van der Waals surface area contributed by atoms with Gasteiger partial charge in [0, 0.05) is 24.2 Å². The second-order valence-corrected chi connectivity index (χ2v) is 6.73. The summed E-state index contributed by atoms with van der Waals surface area (Å²) in [5, 5.41) is 21.6. The van der Waals surface area contributed by atoms with E-state index in [2.05, 4.69) is 0 Å². The summed E-state index contributed by atoms with van der Waals surface area (Å²) >= 11 is 0. The zero-order chi connectivity index (χ0) is 21.1. The molecular weight excluding hydrogens is 380 g/mol. The molecule has 1 fully saturated rings. The number of aliphatic hydroxyl groups excluding tert-OH is 1. The van der Waals surface area contributed by atoms with E-state index in [0.29, 0.717) is 5.76 Å². The average Bonchev–Trinajstić information content (AvgIpc) is 3.29. The maximum atomic E-state index is 12.7. The van der Waals surface area contributed by atoms with Gasteiger partial charge in [-0.05, 0) is 38.1 Å². The number of ether oxygens (including phenoxy) is 1. The lowest BCUT2D eigenvalue weighted by Crippen LogP contribution is -2.33. The van der Waals surface area contributed by atoms with Crippen molar-refractivity contribution in [3.8, 4) is 0 Å². The zero-order valence-corrected chi connectivity index (χ0v) is 15.9. The van der Waals surface area contributed by atoms with Gasteiger partial charge < -0.3 is 19.2 Å². The second kappa shape index (κ2) is 8.27. The summed E-state index contributed by atoms with van der Waals surface area (Å²) in [5.74, 6) is -1.74. The van der Waals surface area contributed by atoms with Crippen LogP contribution < -0.4 is 0 Å². The van der Waals surface area contributed by atoms with Crippen molar-refractivity contribution in [2.75, 3.05) is 13.2 Å². The van der Waals surface area contributed by atoms with Gasteiger partial charge in [0.2, 0.25) is 0 Å². The molecule has 1 aromatic heterocycles. The fraction of sp³-hybridized carbons (Fsp3) is 0.300. The van der Waals surface area contributed by atoms with Crippen LogP contribution in [-0.2, 0) is 14.3 Å². The van der Waals surface area contributed by atoms with E-state index in [1.165, 1.54) is 35.4 Å². The third-order valence-electron chi connectivity index (χ3n) is 4.49. The molecule has 2 heterocycles. The molecule has 1 aliphatic rings. The summed E-state index contributed by atoms with van der Waals surface area (Å²) in [4.78, 5) is 36.9. The third-order valence-corrected chi connectivity index (χ3v) is 4.49. The lowest BCUT2D eigenvalue weighted by atomic mass is 9.99. The number of nitrogens with zero attached hydrogens (tertiary/aromatic N) is 2. The minimum absolute atomic E-state index is 0.0472. The molecule has 29 heavy (non-hydrogen) atoms. The van der Waals surface area contributed by atoms with Gasteiger partial charge in [0.05, 0.1) is 29.5 Å². The third kappa shape index (κ3) is 4.04. The van der Waals surface area contributed by atoms with E-state index in [1.54, 1.807) is 12.1 Å². The van der Waals surface area contributed by atoms with Gasteiger partial charge in [0.15, 0.2) is 0 Å². The molecule has 1 aromatic carbocycles. The van der Waals surface area contributed by atoms with Crippen LogP contribution in [0.1, 0.15) is 31.2 Å². The summed E-state index contributed by atoms with van der Waals surface area (Å²) in [6.45, 7) is 4.05. The Hall–Kier alpha value is -3.46. The molecule has 152 valence electrons. The summed E-state index contributed by atoms with van der Waals surface area (Å²) in [6.07, 6.45) is 1.36. The Balaban J connectivity index is 2.02. The molecule has 1 aliphatic heterocycles. The monoisotopic (exact) mass is 400 g/mol. The molecule has 1 N–H and O–H groups in total. The highest BCUT2D eigenvalue weighted by atomic mass is 16.6. The smallest absolute Gasteiger partial charge is 0.295 e. The van der Waals surface area contributed by atoms with Crippen LogP contribution in [0, 0.1) is 10.1 Å². The predicted molar refractivity (Wildman–Crippen MR) is 102 cm³/mol. The van der Waals surface area contributed by atoms with Gasteiger partial charge in [0.25, 0.3) is 17.4 Å². The second-order valence-electron chi connectivity index (χ2n) is 6.73. The predicted octanol–water partition coefficient (Wildman–Crippen LogP) is 3.03. The standard InChI is InChI=1S/C20H20N2O7/c1-12(2)28-11-9-21-17(15-4-3-10-29-15)16(19(24)20(21)25)18(23)13-5-7-14(8-6-13)22(26)27/h3-8,10,12,17,23H,9,11H2,1-2H3/b18-16-. The largest absolute Gasteiger partial charge is 0.507 e. The van der Waals surface area contributed by atoms with Crippen molar-refractivity contribution in [1.29, 1.82) is 0 Å². The number of carbonyl (C=O) groups is 2. The molecule has 0 aliphatic carbocycles. The Morgan fingerprint density at radius 2 is 1.97 bits per heavy atom. The SMILES string of the molecule is CC(C)OCCN1C(=O)C(=O)/C(=C(\O)c2ccc([N+](=O)[O-])cc2)C1c1ccco1.